The van der Waals surface area contributed by atoms with E-state index in [9.17, 15) is 4.79 Å². The Balaban J connectivity index is 1.99. The molecule has 0 aliphatic heterocycles. The summed E-state index contributed by atoms with van der Waals surface area (Å²) >= 11 is 0. The number of hydrogen-bond donors (Lipinski definition) is 0. The minimum absolute atomic E-state index is 0.307. The number of nitrogens with zero attached hydrogens (tertiary/aromatic N) is 2. The van der Waals surface area contributed by atoms with Gasteiger partial charge < -0.3 is 9.15 Å². The van der Waals surface area contributed by atoms with E-state index in [2.05, 4.69) is 9.97 Å². The van der Waals surface area contributed by atoms with Crippen LogP contribution >= 0.6 is 0 Å². The van der Waals surface area contributed by atoms with Crippen molar-refractivity contribution in [1.29, 1.82) is 0 Å². The van der Waals surface area contributed by atoms with Gasteiger partial charge in [-0.05, 0) is 31.2 Å². The minimum Gasteiger partial charge on any atom is -0.462 e. The zero-order valence-corrected chi connectivity index (χ0v) is 12.0. The maximum absolute atomic E-state index is 12.0. The smallest absolute Gasteiger partial charge is 0.340 e. The highest BCUT2D eigenvalue weighted by molar-refractivity contribution is 5.95. The molecule has 5 heteroatoms. The third kappa shape index (κ3) is 2.74. The summed E-state index contributed by atoms with van der Waals surface area (Å²) in [4.78, 5) is 20.6. The number of pyridine rings is 1. The third-order valence-electron chi connectivity index (χ3n) is 3.07. The molecule has 110 valence electrons. The summed E-state index contributed by atoms with van der Waals surface area (Å²) in [5.74, 6) is 0.0610. The summed E-state index contributed by atoms with van der Waals surface area (Å²) < 4.78 is 10.5. The quantitative estimate of drug-likeness (QED) is 0.688. The van der Waals surface area contributed by atoms with Crippen LogP contribution in [0.15, 0.2) is 59.3 Å². The second-order valence-electron chi connectivity index (χ2n) is 4.52. The molecular formula is C17H14N2O3. The number of benzene rings is 1. The Bertz CT molecular complexity index is 781. The zero-order chi connectivity index (χ0) is 15.4. The van der Waals surface area contributed by atoms with Gasteiger partial charge in [-0.2, -0.15) is 0 Å². The fraction of sp³-hybridized carbons (Fsp3) is 0.118. The summed E-state index contributed by atoms with van der Waals surface area (Å²) in [5.41, 5.74) is 2.19. The topological polar surface area (TPSA) is 65.2 Å². The van der Waals surface area contributed by atoms with Gasteiger partial charge in [0, 0.05) is 11.8 Å². The minimum atomic E-state index is -0.421. The van der Waals surface area contributed by atoms with E-state index in [0.717, 1.165) is 5.56 Å². The summed E-state index contributed by atoms with van der Waals surface area (Å²) in [7, 11) is 0. The molecule has 0 N–H and O–H groups in total. The zero-order valence-electron chi connectivity index (χ0n) is 12.0. The van der Waals surface area contributed by atoms with E-state index in [-0.39, 0.29) is 0 Å². The van der Waals surface area contributed by atoms with E-state index in [1.54, 1.807) is 25.3 Å². The van der Waals surface area contributed by atoms with Crippen molar-refractivity contribution in [3.8, 4) is 22.8 Å². The number of esters is 1. The van der Waals surface area contributed by atoms with E-state index in [0.29, 0.717) is 29.4 Å². The molecule has 0 bridgehead atoms. The molecule has 5 nitrogen and oxygen atoms in total. The summed E-state index contributed by atoms with van der Waals surface area (Å²) in [6.45, 7) is 2.07. The summed E-state index contributed by atoms with van der Waals surface area (Å²) in [6, 6.07) is 12.9. The molecule has 22 heavy (non-hydrogen) atoms. The molecule has 0 spiro atoms. The number of aromatic nitrogens is 2. The monoisotopic (exact) mass is 294 g/mol. The number of rotatable bonds is 4. The van der Waals surface area contributed by atoms with Crippen molar-refractivity contribution in [2.24, 2.45) is 0 Å². The van der Waals surface area contributed by atoms with Crippen LogP contribution in [0.5, 0.6) is 0 Å². The molecule has 3 rings (SSSR count). The molecule has 1 aromatic carbocycles. The Labute approximate surface area is 127 Å². The molecule has 0 saturated heterocycles. The number of carbonyl (C=O) groups excluding carboxylic acids is 1. The molecule has 0 fully saturated rings. The normalized spacial score (nSPS) is 10.4. The van der Waals surface area contributed by atoms with Gasteiger partial charge in [0.1, 0.15) is 17.7 Å². The molecule has 0 saturated carbocycles. The van der Waals surface area contributed by atoms with Crippen LogP contribution in [0.25, 0.3) is 22.8 Å². The van der Waals surface area contributed by atoms with E-state index in [4.69, 9.17) is 9.15 Å². The van der Waals surface area contributed by atoms with Gasteiger partial charge in [0.2, 0.25) is 5.89 Å². The fourth-order valence-corrected chi connectivity index (χ4v) is 2.08. The van der Waals surface area contributed by atoms with E-state index < -0.39 is 5.97 Å². The highest BCUT2D eigenvalue weighted by Crippen LogP contribution is 2.25. The molecule has 0 unspecified atom stereocenters. The SMILES string of the molecule is CCOC(=O)c1cccnc1-c1coc(-c2ccccc2)n1. The van der Waals surface area contributed by atoms with Crippen LogP contribution in [-0.4, -0.2) is 22.5 Å². The predicted molar refractivity (Wildman–Crippen MR) is 81.1 cm³/mol. The van der Waals surface area contributed by atoms with E-state index >= 15 is 0 Å². The molecule has 0 atom stereocenters. The van der Waals surface area contributed by atoms with Crippen LogP contribution in [0.1, 0.15) is 17.3 Å². The molecule has 3 aromatic rings. The number of hydrogen-bond acceptors (Lipinski definition) is 5. The van der Waals surface area contributed by atoms with Gasteiger partial charge in [-0.1, -0.05) is 18.2 Å². The average molecular weight is 294 g/mol. The Morgan fingerprint density at radius 3 is 2.77 bits per heavy atom. The lowest BCUT2D eigenvalue weighted by Gasteiger charge is -2.04. The Hall–Kier alpha value is -2.95. The van der Waals surface area contributed by atoms with Crippen LogP contribution in [-0.2, 0) is 4.74 Å². The first kappa shape index (κ1) is 14.0. The predicted octanol–water partition coefficient (Wildman–Crippen LogP) is 3.58. The molecule has 0 amide bonds. The van der Waals surface area contributed by atoms with Crippen molar-refractivity contribution in [3.63, 3.8) is 0 Å². The first-order chi connectivity index (χ1) is 10.8. The highest BCUT2D eigenvalue weighted by Gasteiger charge is 2.18. The van der Waals surface area contributed by atoms with Crippen molar-refractivity contribution in [2.75, 3.05) is 6.61 Å². The van der Waals surface area contributed by atoms with Crippen molar-refractivity contribution in [3.05, 3.63) is 60.5 Å². The van der Waals surface area contributed by atoms with Crippen molar-refractivity contribution in [1.82, 2.24) is 9.97 Å². The summed E-state index contributed by atoms with van der Waals surface area (Å²) in [6.07, 6.45) is 3.10. The van der Waals surface area contributed by atoms with Crippen LogP contribution < -0.4 is 0 Å². The molecule has 0 aliphatic rings. The van der Waals surface area contributed by atoms with Crippen LogP contribution in [0.3, 0.4) is 0 Å². The number of ether oxygens (including phenoxy) is 1. The lowest BCUT2D eigenvalue weighted by atomic mass is 10.1. The van der Waals surface area contributed by atoms with Crippen LogP contribution in [0, 0.1) is 0 Å². The third-order valence-corrected chi connectivity index (χ3v) is 3.07. The molecule has 2 heterocycles. The number of carbonyl (C=O) groups is 1. The standard InChI is InChI=1S/C17H14N2O3/c1-2-21-17(20)13-9-6-10-18-15(13)14-11-22-16(19-14)12-7-4-3-5-8-12/h3-11H,2H2,1H3. The van der Waals surface area contributed by atoms with E-state index in [1.807, 2.05) is 30.3 Å². The molecular weight excluding hydrogens is 280 g/mol. The van der Waals surface area contributed by atoms with Crippen LogP contribution in [0.4, 0.5) is 0 Å². The lowest BCUT2D eigenvalue weighted by Crippen LogP contribution is -2.07. The van der Waals surface area contributed by atoms with Gasteiger partial charge in [-0.15, -0.1) is 0 Å². The van der Waals surface area contributed by atoms with Gasteiger partial charge in [0.15, 0.2) is 0 Å². The highest BCUT2D eigenvalue weighted by atomic mass is 16.5. The lowest BCUT2D eigenvalue weighted by molar-refractivity contribution is 0.0527. The molecule has 0 radical (unpaired) electrons. The first-order valence-electron chi connectivity index (χ1n) is 6.93. The Morgan fingerprint density at radius 1 is 1.18 bits per heavy atom. The number of oxazole rings is 1. The largest absolute Gasteiger partial charge is 0.462 e. The van der Waals surface area contributed by atoms with Crippen LogP contribution in [0.2, 0.25) is 0 Å². The van der Waals surface area contributed by atoms with Gasteiger partial charge >= 0.3 is 5.97 Å². The van der Waals surface area contributed by atoms with Crippen molar-refractivity contribution < 1.29 is 13.9 Å². The van der Waals surface area contributed by atoms with Gasteiger partial charge in [0.25, 0.3) is 0 Å². The molecule has 0 aliphatic carbocycles. The van der Waals surface area contributed by atoms with Crippen molar-refractivity contribution in [2.45, 2.75) is 6.92 Å². The van der Waals surface area contributed by atoms with Gasteiger partial charge in [-0.3, -0.25) is 4.98 Å². The molecule has 2 aromatic heterocycles. The average Bonchev–Trinajstić information content (AvgIpc) is 3.06. The summed E-state index contributed by atoms with van der Waals surface area (Å²) in [5, 5.41) is 0. The second kappa shape index (κ2) is 6.22. The maximum atomic E-state index is 12.0. The second-order valence-corrected chi connectivity index (χ2v) is 4.52. The van der Waals surface area contributed by atoms with Gasteiger partial charge in [-0.25, -0.2) is 9.78 Å². The van der Waals surface area contributed by atoms with Crippen molar-refractivity contribution >= 4 is 5.97 Å². The Kier molecular flexibility index (Phi) is 3.96. The van der Waals surface area contributed by atoms with Gasteiger partial charge in [0.05, 0.1) is 12.2 Å². The van der Waals surface area contributed by atoms with E-state index in [1.165, 1.54) is 6.26 Å². The first-order valence-corrected chi connectivity index (χ1v) is 6.93. The fourth-order valence-electron chi connectivity index (χ4n) is 2.08. The maximum Gasteiger partial charge on any atom is 0.340 e. The Morgan fingerprint density at radius 2 is 2.00 bits per heavy atom.